The summed E-state index contributed by atoms with van der Waals surface area (Å²) in [5.41, 5.74) is 2.56. The standard InChI is InChI=1S/C20H34N4O.ClH/c1-20(2,3)18-16(14-22-23-18)13-21-17-9-11-24(12-10-17)19(25)15-7-5-4-6-8-15;/h14-15,17,21H,4-13H2,1-3H3,(H,22,23);1H. The molecule has 1 saturated heterocycles. The van der Waals surface area contributed by atoms with Crippen LogP contribution in [0.15, 0.2) is 6.20 Å². The van der Waals surface area contributed by atoms with Gasteiger partial charge in [0.25, 0.3) is 0 Å². The number of nitrogens with one attached hydrogen (secondary N) is 2. The predicted molar refractivity (Wildman–Crippen MR) is 108 cm³/mol. The van der Waals surface area contributed by atoms with Crippen LogP contribution in [0.4, 0.5) is 0 Å². The van der Waals surface area contributed by atoms with Gasteiger partial charge in [-0.25, -0.2) is 0 Å². The second kappa shape index (κ2) is 9.23. The van der Waals surface area contributed by atoms with E-state index in [4.69, 9.17) is 0 Å². The van der Waals surface area contributed by atoms with Crippen molar-refractivity contribution >= 4 is 18.3 Å². The van der Waals surface area contributed by atoms with Crippen molar-refractivity contribution in [3.05, 3.63) is 17.5 Å². The number of aromatic amines is 1. The first-order chi connectivity index (χ1) is 11.9. The number of H-pyrrole nitrogens is 1. The maximum absolute atomic E-state index is 12.7. The highest BCUT2D eigenvalue weighted by molar-refractivity contribution is 5.85. The highest BCUT2D eigenvalue weighted by Crippen LogP contribution is 2.27. The normalized spacial score (nSPS) is 20.0. The molecule has 0 atom stereocenters. The number of halogens is 1. The quantitative estimate of drug-likeness (QED) is 0.832. The van der Waals surface area contributed by atoms with E-state index in [9.17, 15) is 4.79 Å². The molecule has 1 aliphatic heterocycles. The second-order valence-electron chi connectivity index (χ2n) is 8.84. The Hall–Kier alpha value is -1.07. The van der Waals surface area contributed by atoms with Gasteiger partial charge in [-0.2, -0.15) is 5.10 Å². The van der Waals surface area contributed by atoms with Gasteiger partial charge in [-0.1, -0.05) is 40.0 Å². The molecule has 1 aliphatic carbocycles. The van der Waals surface area contributed by atoms with Crippen LogP contribution in [0.3, 0.4) is 0 Å². The van der Waals surface area contributed by atoms with Gasteiger partial charge in [0.05, 0.1) is 6.20 Å². The number of carbonyl (C=O) groups excluding carboxylic acids is 1. The first kappa shape index (κ1) is 21.2. The van der Waals surface area contributed by atoms with Gasteiger partial charge in [0.2, 0.25) is 5.91 Å². The molecule has 0 radical (unpaired) electrons. The summed E-state index contributed by atoms with van der Waals surface area (Å²) in [6.45, 7) is 9.29. The Morgan fingerprint density at radius 1 is 1.19 bits per heavy atom. The van der Waals surface area contributed by atoms with Gasteiger partial charge in [-0.15, -0.1) is 12.4 Å². The maximum atomic E-state index is 12.7. The molecule has 0 bridgehead atoms. The summed E-state index contributed by atoms with van der Waals surface area (Å²) >= 11 is 0. The summed E-state index contributed by atoms with van der Waals surface area (Å²) in [5, 5.41) is 11.0. The third-order valence-electron chi connectivity index (χ3n) is 5.81. The average molecular weight is 383 g/mol. The predicted octanol–water partition coefficient (Wildman–Crippen LogP) is 3.79. The number of carbonyl (C=O) groups is 1. The Bertz CT molecular complexity index is 567. The minimum Gasteiger partial charge on any atom is -0.342 e. The molecule has 2 heterocycles. The van der Waals surface area contributed by atoms with Gasteiger partial charge in [-0.05, 0) is 25.7 Å². The smallest absolute Gasteiger partial charge is 0.225 e. The van der Waals surface area contributed by atoms with Crippen LogP contribution >= 0.6 is 12.4 Å². The third-order valence-corrected chi connectivity index (χ3v) is 5.81. The fraction of sp³-hybridized carbons (Fsp3) is 0.800. The number of hydrogen-bond acceptors (Lipinski definition) is 3. The first-order valence-electron chi connectivity index (χ1n) is 10.00. The van der Waals surface area contributed by atoms with Crippen molar-refractivity contribution in [3.8, 4) is 0 Å². The van der Waals surface area contributed by atoms with E-state index in [1.54, 1.807) is 0 Å². The number of amides is 1. The molecular formula is C20H35ClN4O. The lowest BCUT2D eigenvalue weighted by molar-refractivity contribution is -0.137. The molecule has 1 aromatic rings. The van der Waals surface area contributed by atoms with Crippen molar-refractivity contribution in [2.75, 3.05) is 13.1 Å². The molecule has 1 saturated carbocycles. The molecule has 5 nitrogen and oxygen atoms in total. The number of hydrogen-bond donors (Lipinski definition) is 2. The van der Waals surface area contributed by atoms with Crippen LogP contribution in [0.25, 0.3) is 0 Å². The molecular weight excluding hydrogens is 348 g/mol. The van der Waals surface area contributed by atoms with E-state index in [2.05, 4.69) is 41.2 Å². The van der Waals surface area contributed by atoms with Crippen molar-refractivity contribution in [3.63, 3.8) is 0 Å². The zero-order chi connectivity index (χ0) is 17.9. The molecule has 148 valence electrons. The molecule has 0 aromatic carbocycles. The summed E-state index contributed by atoms with van der Waals surface area (Å²) in [6, 6.07) is 0.498. The summed E-state index contributed by atoms with van der Waals surface area (Å²) in [7, 11) is 0. The summed E-state index contributed by atoms with van der Waals surface area (Å²) < 4.78 is 0. The molecule has 0 spiro atoms. The molecule has 2 aliphatic rings. The summed E-state index contributed by atoms with van der Waals surface area (Å²) in [6.07, 6.45) is 10.0. The fourth-order valence-corrected chi connectivity index (χ4v) is 4.26. The van der Waals surface area contributed by atoms with Gasteiger partial charge in [0.1, 0.15) is 0 Å². The Kier molecular flexibility index (Phi) is 7.53. The SMILES string of the molecule is CC(C)(C)c1[nH]ncc1CNC1CCN(C(=O)C2CCCCC2)CC1.Cl. The molecule has 0 unspecified atom stereocenters. The van der Waals surface area contributed by atoms with Crippen LogP contribution in [-0.2, 0) is 16.8 Å². The van der Waals surface area contributed by atoms with Gasteiger partial charge in [0, 0.05) is 48.3 Å². The summed E-state index contributed by atoms with van der Waals surface area (Å²) in [4.78, 5) is 14.8. The highest BCUT2D eigenvalue weighted by Gasteiger charge is 2.29. The molecule has 6 heteroatoms. The largest absolute Gasteiger partial charge is 0.342 e. The Morgan fingerprint density at radius 3 is 2.46 bits per heavy atom. The van der Waals surface area contributed by atoms with Crippen LogP contribution < -0.4 is 5.32 Å². The van der Waals surface area contributed by atoms with E-state index < -0.39 is 0 Å². The van der Waals surface area contributed by atoms with E-state index in [0.717, 1.165) is 45.3 Å². The monoisotopic (exact) mass is 382 g/mol. The number of piperidine rings is 1. The lowest BCUT2D eigenvalue weighted by Gasteiger charge is -2.35. The lowest BCUT2D eigenvalue weighted by Crippen LogP contribution is -2.47. The minimum absolute atomic E-state index is 0. The van der Waals surface area contributed by atoms with Crippen LogP contribution in [0.1, 0.15) is 77.0 Å². The Morgan fingerprint density at radius 2 is 1.85 bits per heavy atom. The van der Waals surface area contributed by atoms with Crippen molar-refractivity contribution in [1.82, 2.24) is 20.4 Å². The first-order valence-corrected chi connectivity index (χ1v) is 10.00. The van der Waals surface area contributed by atoms with Gasteiger partial charge >= 0.3 is 0 Å². The maximum Gasteiger partial charge on any atom is 0.225 e. The van der Waals surface area contributed by atoms with Gasteiger partial charge in [-0.3, -0.25) is 9.89 Å². The zero-order valence-electron chi connectivity index (χ0n) is 16.5. The Labute approximate surface area is 164 Å². The van der Waals surface area contributed by atoms with E-state index in [1.165, 1.54) is 30.5 Å². The van der Waals surface area contributed by atoms with E-state index in [0.29, 0.717) is 17.9 Å². The lowest BCUT2D eigenvalue weighted by atomic mass is 9.87. The van der Waals surface area contributed by atoms with Crippen molar-refractivity contribution < 1.29 is 4.79 Å². The van der Waals surface area contributed by atoms with Crippen LogP contribution in [0.2, 0.25) is 0 Å². The van der Waals surface area contributed by atoms with Crippen LogP contribution in [0, 0.1) is 5.92 Å². The van der Waals surface area contributed by atoms with Crippen LogP contribution in [-0.4, -0.2) is 40.1 Å². The van der Waals surface area contributed by atoms with Gasteiger partial charge in [0.15, 0.2) is 0 Å². The Balaban J connectivity index is 0.00000243. The molecule has 26 heavy (non-hydrogen) atoms. The second-order valence-corrected chi connectivity index (χ2v) is 8.84. The third kappa shape index (κ3) is 5.23. The van der Waals surface area contributed by atoms with E-state index in [-0.39, 0.29) is 17.8 Å². The molecule has 1 amide bonds. The number of likely N-dealkylation sites (tertiary alicyclic amines) is 1. The van der Waals surface area contributed by atoms with Crippen molar-refractivity contribution in [2.24, 2.45) is 5.92 Å². The molecule has 2 fully saturated rings. The number of aromatic nitrogens is 2. The van der Waals surface area contributed by atoms with E-state index in [1.807, 2.05) is 6.20 Å². The van der Waals surface area contributed by atoms with Crippen LogP contribution in [0.5, 0.6) is 0 Å². The van der Waals surface area contributed by atoms with Crippen molar-refractivity contribution in [1.29, 1.82) is 0 Å². The topological polar surface area (TPSA) is 61.0 Å². The fourth-order valence-electron chi connectivity index (χ4n) is 4.26. The average Bonchev–Trinajstić information content (AvgIpc) is 3.10. The minimum atomic E-state index is 0. The van der Waals surface area contributed by atoms with Crippen molar-refractivity contribution in [2.45, 2.75) is 83.7 Å². The zero-order valence-corrected chi connectivity index (χ0v) is 17.3. The van der Waals surface area contributed by atoms with E-state index >= 15 is 0 Å². The number of nitrogens with zero attached hydrogens (tertiary/aromatic N) is 2. The molecule has 1 aromatic heterocycles. The molecule has 3 rings (SSSR count). The number of rotatable bonds is 4. The highest BCUT2D eigenvalue weighted by atomic mass is 35.5. The summed E-state index contributed by atoms with van der Waals surface area (Å²) in [5.74, 6) is 0.724. The van der Waals surface area contributed by atoms with Gasteiger partial charge < -0.3 is 10.2 Å². The molecule has 2 N–H and O–H groups in total.